The molecule has 3 aliphatic rings. The highest BCUT2D eigenvalue weighted by Gasteiger charge is 2.36. The fourth-order valence-electron chi connectivity index (χ4n) is 6.87. The minimum absolute atomic E-state index is 0.0325. The van der Waals surface area contributed by atoms with Crippen LogP contribution in [0.15, 0.2) is 34.8 Å². The molecule has 27 heteroatoms. The van der Waals surface area contributed by atoms with E-state index in [1.54, 1.807) is 95.2 Å². The molecule has 3 rings (SSSR count). The van der Waals surface area contributed by atoms with Gasteiger partial charge in [0.05, 0.1) is 28.4 Å². The third kappa shape index (κ3) is 31.9. The number of ether oxygens (including phenoxy) is 8. The summed E-state index contributed by atoms with van der Waals surface area (Å²) >= 11 is 5.52. The SMILES string of the molecule is COC(=O)[C@H](CSC1=CC(=O)CC1)NC(=O)OC(C)(C)C.COC(=O)[C@H](CSC1C=C(C(SC[C@H](NC(=O)OC(C)(C)C)C(=O)OC)C(C)C)C(=O)C1)NC(=O)OC(C)(C)C.COC(=O)[C@H](CSC1C=CC(=O)C1)NC(=O)OC(C)(C)C. The number of allylic oxidation sites excluding steroid dienone is 3. The normalized spacial score (nSPS) is 17.8. The van der Waals surface area contributed by atoms with Crippen molar-refractivity contribution in [2.24, 2.45) is 5.92 Å². The quantitative estimate of drug-likeness (QED) is 0.0599. The van der Waals surface area contributed by atoms with Crippen LogP contribution in [0.3, 0.4) is 0 Å². The van der Waals surface area contributed by atoms with E-state index in [4.69, 9.17) is 28.4 Å². The van der Waals surface area contributed by atoms with Gasteiger partial charge in [-0.2, -0.15) is 35.3 Å². The summed E-state index contributed by atoms with van der Waals surface area (Å²) in [5.41, 5.74) is -2.13. The lowest BCUT2D eigenvalue weighted by molar-refractivity contribution is -0.143. The van der Waals surface area contributed by atoms with E-state index in [1.807, 2.05) is 19.9 Å². The molecule has 4 N–H and O–H groups in total. The van der Waals surface area contributed by atoms with Gasteiger partial charge in [-0.3, -0.25) is 14.4 Å². The van der Waals surface area contributed by atoms with Gasteiger partial charge in [-0.15, -0.1) is 11.8 Å². The summed E-state index contributed by atoms with van der Waals surface area (Å²) in [6, 6.07) is -3.54. The second-order valence-electron chi connectivity index (χ2n) is 22.8. The molecule has 0 spiro atoms. The number of amides is 4. The van der Waals surface area contributed by atoms with Crippen LogP contribution in [0.4, 0.5) is 19.2 Å². The Balaban J connectivity index is 0.000000673. The minimum atomic E-state index is -0.965. The monoisotopic (exact) mass is 1230 g/mol. The maximum Gasteiger partial charge on any atom is 0.408 e. The number of esters is 4. The highest BCUT2D eigenvalue weighted by molar-refractivity contribution is 8.03. The van der Waals surface area contributed by atoms with Crippen molar-refractivity contribution in [3.05, 3.63) is 34.8 Å². The molecule has 0 aromatic carbocycles. The van der Waals surface area contributed by atoms with Crippen LogP contribution < -0.4 is 21.3 Å². The molecule has 0 bridgehead atoms. The van der Waals surface area contributed by atoms with Gasteiger partial charge < -0.3 is 59.2 Å². The molecule has 23 nitrogen and oxygen atoms in total. The number of hydrogen-bond donors (Lipinski definition) is 4. The summed E-state index contributed by atoms with van der Waals surface area (Å²) in [4.78, 5) is 132. The lowest BCUT2D eigenvalue weighted by atomic mass is 10.0. The Morgan fingerprint density at radius 1 is 0.512 bits per heavy atom. The number of nitrogens with one attached hydrogen (secondary N) is 4. The molecule has 82 heavy (non-hydrogen) atoms. The number of methoxy groups -OCH3 is 4. The minimum Gasteiger partial charge on any atom is -0.467 e. The molecule has 0 aliphatic heterocycles. The number of thioether (sulfide) groups is 4. The van der Waals surface area contributed by atoms with E-state index >= 15 is 0 Å². The summed E-state index contributed by atoms with van der Waals surface area (Å²) in [6.45, 7) is 24.7. The first-order chi connectivity index (χ1) is 37.8. The zero-order valence-corrected chi connectivity index (χ0v) is 53.7. The van der Waals surface area contributed by atoms with Crippen molar-refractivity contribution in [2.75, 3.05) is 51.5 Å². The first-order valence-corrected chi connectivity index (χ1v) is 30.4. The number of hydrogen-bond acceptors (Lipinski definition) is 23. The van der Waals surface area contributed by atoms with Crippen LogP contribution in [-0.4, -0.2) is 179 Å². The van der Waals surface area contributed by atoms with Crippen molar-refractivity contribution in [3.8, 4) is 0 Å². The van der Waals surface area contributed by atoms with Gasteiger partial charge in [-0.25, -0.2) is 38.4 Å². The average molecular weight is 1240 g/mol. The average Bonchev–Trinajstić information content (AvgIpc) is 4.08. The second kappa shape index (κ2) is 35.0. The molecule has 0 fully saturated rings. The largest absolute Gasteiger partial charge is 0.467 e. The number of rotatable bonds is 22. The Kier molecular flexibility index (Phi) is 31.9. The summed E-state index contributed by atoms with van der Waals surface area (Å²) in [5, 5.41) is 9.64. The Morgan fingerprint density at radius 2 is 0.878 bits per heavy atom. The molecule has 0 aromatic heterocycles. The molecule has 0 saturated heterocycles. The first kappa shape index (κ1) is 74.6. The zero-order chi connectivity index (χ0) is 62.9. The van der Waals surface area contributed by atoms with E-state index in [0.29, 0.717) is 36.3 Å². The van der Waals surface area contributed by atoms with E-state index in [0.717, 1.165) is 4.91 Å². The van der Waals surface area contributed by atoms with Gasteiger partial charge in [0, 0.05) is 63.6 Å². The summed E-state index contributed by atoms with van der Waals surface area (Å²) in [5.74, 6) is -1.19. The van der Waals surface area contributed by atoms with Crippen LogP contribution in [0.2, 0.25) is 0 Å². The van der Waals surface area contributed by atoms with E-state index < -0.39 is 94.8 Å². The number of carbonyl (C=O) groups is 11. The summed E-state index contributed by atoms with van der Waals surface area (Å²) < 4.78 is 39.8. The smallest absolute Gasteiger partial charge is 0.408 e. The van der Waals surface area contributed by atoms with E-state index in [2.05, 4.69) is 30.7 Å². The van der Waals surface area contributed by atoms with Crippen molar-refractivity contribution in [3.63, 3.8) is 0 Å². The highest BCUT2D eigenvalue weighted by atomic mass is 32.2. The van der Waals surface area contributed by atoms with Crippen molar-refractivity contribution in [2.45, 2.75) is 185 Å². The van der Waals surface area contributed by atoms with Gasteiger partial charge in [-0.05, 0) is 112 Å². The topological polar surface area (TPSA) is 310 Å². The maximum atomic E-state index is 13.0. The zero-order valence-electron chi connectivity index (χ0n) is 50.5. The molecule has 0 heterocycles. The van der Waals surface area contributed by atoms with Crippen molar-refractivity contribution in [1.29, 1.82) is 0 Å². The van der Waals surface area contributed by atoms with Crippen LogP contribution in [-0.2, 0) is 71.5 Å². The number of carbonyl (C=O) groups excluding carboxylic acids is 11. The van der Waals surface area contributed by atoms with Crippen molar-refractivity contribution in [1.82, 2.24) is 21.3 Å². The molecule has 0 aromatic rings. The molecule has 0 saturated carbocycles. The van der Waals surface area contributed by atoms with Gasteiger partial charge in [0.15, 0.2) is 17.3 Å². The molecular weight excluding hydrogens is 1150 g/mol. The first-order valence-electron chi connectivity index (χ1n) is 26.2. The Labute approximate surface area is 499 Å². The predicted octanol–water partition coefficient (Wildman–Crippen LogP) is 7.59. The number of alkyl carbamates (subject to hydrolysis) is 4. The Morgan fingerprint density at radius 3 is 1.20 bits per heavy atom. The molecule has 4 amide bonds. The van der Waals surface area contributed by atoms with Gasteiger partial charge in [-0.1, -0.05) is 26.0 Å². The highest BCUT2D eigenvalue weighted by Crippen LogP contribution is 2.36. The lowest BCUT2D eigenvalue weighted by Gasteiger charge is -2.25. The van der Waals surface area contributed by atoms with Crippen LogP contribution in [0, 0.1) is 5.92 Å². The molecule has 3 unspecified atom stereocenters. The molecule has 3 aliphatic carbocycles. The van der Waals surface area contributed by atoms with Crippen LogP contribution in [0.25, 0.3) is 0 Å². The standard InChI is InChI=1S/C27H44N2O9S2.2C14H21NO5S/c1-15(2)21(40-14-19(23(32)36-10)29-25(34)38-27(6,7)8)17-11-16(12-20(17)30)39-13-18(22(31)35-9)28-24(33)37-26(3,4)5;2*1-14(2,3)20-13(18)15-11(12(17)19-4)8-21-10-6-5-9(16)7-10/h11,15-16,18-19,21H,12-14H2,1-10H3,(H,28,33)(H,29,34);7,11H,5-6,8H2,1-4H3,(H,15,18);5-6,10-11H,7-8H2,1-4H3,(H,15,18)/t16?,18-,19-,21?;11-;10?,11-/m000/s1. The maximum absolute atomic E-state index is 13.0. The second-order valence-corrected chi connectivity index (χ2v) is 27.7. The lowest BCUT2D eigenvalue weighted by Crippen LogP contribution is -2.46. The van der Waals surface area contributed by atoms with Gasteiger partial charge in [0.2, 0.25) is 0 Å². The van der Waals surface area contributed by atoms with Gasteiger partial charge in [0.1, 0.15) is 46.6 Å². The number of Topliss-reactive ketones (excluding diaryl/α,β-unsaturated/α-hetero) is 1. The Hall–Kier alpha value is -5.41. The Bertz CT molecular complexity index is 2330. The van der Waals surface area contributed by atoms with Crippen molar-refractivity contribution < 1.29 is 90.6 Å². The molecule has 7 atom stereocenters. The number of ketones is 3. The van der Waals surface area contributed by atoms with Crippen LogP contribution in [0.5, 0.6) is 0 Å². The summed E-state index contributed by atoms with van der Waals surface area (Å²) in [6.07, 6.45) is 5.82. The third-order valence-electron chi connectivity index (χ3n) is 10.4. The fourth-order valence-corrected chi connectivity index (χ4v) is 11.6. The van der Waals surface area contributed by atoms with E-state index in [9.17, 15) is 52.7 Å². The molecule has 464 valence electrons. The van der Waals surface area contributed by atoms with E-state index in [-0.39, 0.29) is 56.9 Å². The summed E-state index contributed by atoms with van der Waals surface area (Å²) in [7, 11) is 4.99. The van der Waals surface area contributed by atoms with Crippen LogP contribution in [0.1, 0.15) is 123 Å². The van der Waals surface area contributed by atoms with Gasteiger partial charge in [0.25, 0.3) is 0 Å². The fraction of sp³-hybridized carbons (Fsp3) is 0.691. The molecular formula is C55H86N4O19S4. The van der Waals surface area contributed by atoms with Gasteiger partial charge >= 0.3 is 48.3 Å². The van der Waals surface area contributed by atoms with Crippen molar-refractivity contribution >= 4 is 113 Å². The molecule has 0 radical (unpaired) electrons. The van der Waals surface area contributed by atoms with E-state index in [1.165, 1.54) is 81.6 Å². The van der Waals surface area contributed by atoms with Crippen LogP contribution >= 0.6 is 47.0 Å². The predicted molar refractivity (Wildman–Crippen MR) is 316 cm³/mol. The third-order valence-corrected chi connectivity index (χ3v) is 15.8.